The van der Waals surface area contributed by atoms with Gasteiger partial charge in [-0.15, -0.1) is 0 Å². The molecular weight excluding hydrogens is 1390 g/mol. The Balaban J connectivity index is 0.897. The lowest BCUT2D eigenvalue weighted by atomic mass is 9.33. The van der Waals surface area contributed by atoms with Crippen molar-refractivity contribution < 1.29 is 0 Å². The molecule has 0 saturated carbocycles. The van der Waals surface area contributed by atoms with Crippen molar-refractivity contribution in [3.05, 3.63) is 431 Å². The summed E-state index contributed by atoms with van der Waals surface area (Å²) < 4.78 is 2.50. The fraction of sp³-hybridized carbons (Fsp3) is 0. The minimum Gasteiger partial charge on any atom is -0.310 e. The van der Waals surface area contributed by atoms with E-state index in [0.717, 1.165) is 140 Å². The number of para-hydroxylation sites is 4. The van der Waals surface area contributed by atoms with Gasteiger partial charge >= 0.3 is 0 Å². The molecule has 21 aromatic rings. The van der Waals surface area contributed by atoms with Gasteiger partial charge in [-0.3, -0.25) is 0 Å². The molecule has 20 aromatic carbocycles. The van der Waals surface area contributed by atoms with E-state index in [1.54, 1.807) is 0 Å². The van der Waals surface area contributed by atoms with Crippen molar-refractivity contribution >= 4 is 139 Å². The minimum absolute atomic E-state index is 0.322. The Labute approximate surface area is 668 Å². The second kappa shape index (κ2) is 26.9. The molecule has 0 bridgehead atoms. The van der Waals surface area contributed by atoms with Crippen molar-refractivity contribution in [1.82, 2.24) is 4.57 Å². The number of fused-ring (bicyclic) bond motifs is 9. The summed E-state index contributed by atoms with van der Waals surface area (Å²) in [6.45, 7) is -0.322. The van der Waals surface area contributed by atoms with Crippen LogP contribution in [0.25, 0.3) is 148 Å². The third-order valence-corrected chi connectivity index (χ3v) is 24.3. The zero-order valence-corrected chi connectivity index (χ0v) is 62.9. The number of aromatic nitrogens is 1. The van der Waals surface area contributed by atoms with E-state index < -0.39 is 0 Å². The molecule has 0 fully saturated rings. The van der Waals surface area contributed by atoms with Gasteiger partial charge in [0.1, 0.15) is 0 Å². The quantitative estimate of drug-likeness (QED) is 0.0650. The predicted molar refractivity (Wildman–Crippen MR) is 489 cm³/mol. The first-order chi connectivity index (χ1) is 57.1. The molecule has 0 saturated heterocycles. The van der Waals surface area contributed by atoms with Gasteiger partial charge in [0.2, 0.25) is 0 Å². The first kappa shape index (κ1) is 65.8. The lowest BCUT2D eigenvalue weighted by Gasteiger charge is -2.46. The van der Waals surface area contributed by atoms with Crippen molar-refractivity contribution in [3.63, 3.8) is 0 Å². The van der Waals surface area contributed by atoms with Gasteiger partial charge in [0.25, 0.3) is 6.71 Å². The van der Waals surface area contributed by atoms with Crippen LogP contribution in [0, 0.1) is 0 Å². The van der Waals surface area contributed by atoms with Crippen LogP contribution in [0.3, 0.4) is 0 Å². The van der Waals surface area contributed by atoms with Crippen LogP contribution in [-0.2, 0) is 0 Å². The van der Waals surface area contributed by atoms with Gasteiger partial charge in [-0.05, 0) is 182 Å². The monoisotopic (exact) mass is 1460 g/mol. The zero-order valence-electron chi connectivity index (χ0n) is 62.9. The largest absolute Gasteiger partial charge is 0.310 e. The van der Waals surface area contributed by atoms with Crippen LogP contribution in [0.15, 0.2) is 431 Å². The van der Waals surface area contributed by atoms with Crippen molar-refractivity contribution in [2.75, 3.05) is 14.7 Å². The Morgan fingerprint density at radius 3 is 1.04 bits per heavy atom. The molecule has 534 valence electrons. The van der Waals surface area contributed by atoms with E-state index in [2.05, 4.69) is 450 Å². The summed E-state index contributed by atoms with van der Waals surface area (Å²) in [4.78, 5) is 7.92. The summed E-state index contributed by atoms with van der Waals surface area (Å²) in [5, 5.41) is 12.5. The molecule has 0 amide bonds. The summed E-state index contributed by atoms with van der Waals surface area (Å²) in [6.07, 6.45) is 0. The maximum atomic E-state index is 2.71. The topological polar surface area (TPSA) is 14.7 Å². The number of anilines is 9. The van der Waals surface area contributed by atoms with E-state index in [1.165, 1.54) is 75.8 Å². The highest BCUT2D eigenvalue weighted by Crippen LogP contribution is 2.56. The van der Waals surface area contributed by atoms with Crippen LogP contribution in [0.5, 0.6) is 0 Å². The van der Waals surface area contributed by atoms with Gasteiger partial charge in [-0.1, -0.05) is 364 Å². The first-order valence-electron chi connectivity index (χ1n) is 39.8. The predicted octanol–water partition coefficient (Wildman–Crippen LogP) is 28.1. The Morgan fingerprint density at radius 1 is 0.209 bits per heavy atom. The van der Waals surface area contributed by atoms with Crippen LogP contribution in [0.1, 0.15) is 0 Å². The molecule has 2 aliphatic rings. The molecule has 0 aliphatic carbocycles. The number of hydrogen-bond acceptors (Lipinski definition) is 3. The summed E-state index contributed by atoms with van der Waals surface area (Å²) in [5.74, 6) is 0. The van der Waals surface area contributed by atoms with E-state index in [4.69, 9.17) is 0 Å². The van der Waals surface area contributed by atoms with Gasteiger partial charge in [0.05, 0.1) is 28.1 Å². The molecule has 0 atom stereocenters. The van der Waals surface area contributed by atoms with Crippen LogP contribution >= 0.6 is 0 Å². The maximum Gasteiger partial charge on any atom is 0.252 e. The third kappa shape index (κ3) is 10.6. The third-order valence-electron chi connectivity index (χ3n) is 24.3. The molecular formula is C110H71BN4. The Hall–Kier alpha value is -15.0. The molecule has 4 nitrogen and oxygen atoms in total. The lowest BCUT2D eigenvalue weighted by molar-refractivity contribution is 1.17. The minimum atomic E-state index is -0.322. The Kier molecular flexibility index (Phi) is 15.4. The number of rotatable bonds is 13. The Morgan fingerprint density at radius 2 is 0.574 bits per heavy atom. The fourth-order valence-corrected chi connectivity index (χ4v) is 19.3. The standard InChI is InChI=1S/C110H71BN4/c1-7-28-72(29-8-1)74-54-60-83(61-55-74)112(84-62-56-75(57-63-84)73-30-9-2-10-31-73)86-70-103-108-104(71-86)115(110-90(78-36-15-5-16-37-78)47-27-48-91(110)79-38-17-6-18-39-79)102-69-85(113-99-52-21-19-43-92(99)93-44-20-22-53-100(93)113)64-67-98(102)111(108)97-66-59-82(87-65-58-81-42-24-50-95-94-49-23-40-80-41-25-51-96(105(80)94)107(87)106(81)95)68-101(97)114(103)109-88(76-32-11-3-12-33-76)45-26-46-89(109)77-34-13-4-14-35-77/h1-71H. The zero-order chi connectivity index (χ0) is 75.6. The highest BCUT2D eigenvalue weighted by Gasteiger charge is 2.46. The summed E-state index contributed by atoms with van der Waals surface area (Å²) in [6, 6.07) is 161. The van der Waals surface area contributed by atoms with Crippen LogP contribution in [0.2, 0.25) is 0 Å². The van der Waals surface area contributed by atoms with Crippen LogP contribution in [0.4, 0.5) is 51.2 Å². The fourth-order valence-electron chi connectivity index (χ4n) is 19.3. The molecule has 23 rings (SSSR count). The van der Waals surface area contributed by atoms with Crippen molar-refractivity contribution in [2.45, 2.75) is 0 Å². The summed E-state index contributed by atoms with van der Waals surface area (Å²) in [7, 11) is 0. The van der Waals surface area contributed by atoms with Gasteiger partial charge in [-0.25, -0.2) is 0 Å². The van der Waals surface area contributed by atoms with Gasteiger partial charge in [0.15, 0.2) is 0 Å². The van der Waals surface area contributed by atoms with Gasteiger partial charge in [-0.2, -0.15) is 0 Å². The lowest BCUT2D eigenvalue weighted by Crippen LogP contribution is -2.61. The average molecular weight is 1460 g/mol. The van der Waals surface area contributed by atoms with Crippen LogP contribution in [-0.4, -0.2) is 11.3 Å². The van der Waals surface area contributed by atoms with Crippen LogP contribution < -0.4 is 31.1 Å². The maximum absolute atomic E-state index is 2.71. The summed E-state index contributed by atoms with van der Waals surface area (Å²) in [5.41, 5.74) is 32.3. The number of benzene rings is 20. The average Bonchev–Trinajstić information content (AvgIpc) is 0.983. The van der Waals surface area contributed by atoms with Gasteiger partial charge in [0, 0.05) is 72.8 Å². The normalized spacial score (nSPS) is 12.3. The molecule has 115 heavy (non-hydrogen) atoms. The van der Waals surface area contributed by atoms with E-state index in [9.17, 15) is 0 Å². The van der Waals surface area contributed by atoms with Crippen molar-refractivity contribution in [2.24, 2.45) is 0 Å². The molecule has 2 aliphatic heterocycles. The van der Waals surface area contributed by atoms with E-state index in [1.807, 2.05) is 0 Å². The molecule has 3 heterocycles. The highest BCUT2D eigenvalue weighted by molar-refractivity contribution is 7.00. The van der Waals surface area contributed by atoms with E-state index >= 15 is 0 Å². The number of hydrogen-bond donors (Lipinski definition) is 0. The Bertz CT molecular complexity index is 7120. The second-order valence-electron chi connectivity index (χ2n) is 30.5. The molecule has 0 N–H and O–H groups in total. The van der Waals surface area contributed by atoms with E-state index in [-0.39, 0.29) is 6.71 Å². The van der Waals surface area contributed by atoms with E-state index in [0.29, 0.717) is 0 Å². The second-order valence-corrected chi connectivity index (χ2v) is 30.5. The first-order valence-corrected chi connectivity index (χ1v) is 39.8. The van der Waals surface area contributed by atoms with Gasteiger partial charge < -0.3 is 19.3 Å². The van der Waals surface area contributed by atoms with Crippen molar-refractivity contribution in [1.29, 1.82) is 0 Å². The SMILES string of the molecule is c1ccc(-c2ccc(N(c3ccc(-c4ccccc4)cc3)c3cc4c5c(c3)N(c3c(-c6ccccc6)cccc3-c3ccccc3)c3cc(-n6c7ccccc7c7ccccc76)ccc3B5c3ccc(-c5ccc6cccc7c8cccc9cccc(c5c67)c98)cc3N4c3c(-c4ccccc4)cccc3-c3ccccc3)cc2)cc1. The number of nitrogens with zero attached hydrogens (tertiary/aromatic N) is 4. The molecule has 5 heteroatoms. The molecule has 0 spiro atoms. The molecule has 0 radical (unpaired) electrons. The summed E-state index contributed by atoms with van der Waals surface area (Å²) >= 11 is 0. The molecule has 1 aromatic heterocycles. The van der Waals surface area contributed by atoms with Crippen molar-refractivity contribution in [3.8, 4) is 83.6 Å². The highest BCUT2D eigenvalue weighted by atomic mass is 15.2. The molecule has 0 unspecified atom stereocenters. The smallest absolute Gasteiger partial charge is 0.252 e.